The number of aromatic amines is 1. The van der Waals surface area contributed by atoms with Gasteiger partial charge in [-0.3, -0.25) is 9.59 Å². The third kappa shape index (κ3) is 5.11. The van der Waals surface area contributed by atoms with Gasteiger partial charge in [0.15, 0.2) is 22.0 Å². The minimum Gasteiger partial charge on any atom is -0.453 e. The van der Waals surface area contributed by atoms with E-state index < -0.39 is 0 Å². The first kappa shape index (κ1) is 26.8. The topological polar surface area (TPSA) is 78.3 Å². The van der Waals surface area contributed by atoms with Crippen LogP contribution in [0.5, 0.6) is 0 Å². The van der Waals surface area contributed by atoms with Crippen molar-refractivity contribution in [1.82, 2.24) is 9.88 Å². The van der Waals surface area contributed by atoms with E-state index in [4.69, 9.17) is 4.42 Å². The Kier molecular flexibility index (Phi) is 6.88. The molecule has 6 nitrogen and oxygen atoms in total. The van der Waals surface area contributed by atoms with Gasteiger partial charge in [-0.1, -0.05) is 81.4 Å². The molecule has 0 amide bonds. The zero-order valence-electron chi connectivity index (χ0n) is 24.0. The number of rotatable bonds is 7. The second-order valence-corrected chi connectivity index (χ2v) is 11.9. The molecule has 0 atom stereocenters. The van der Waals surface area contributed by atoms with Gasteiger partial charge in [-0.15, -0.1) is 0 Å². The molecule has 6 aromatic rings. The molecule has 0 aliphatic heterocycles. The van der Waals surface area contributed by atoms with E-state index in [2.05, 4.69) is 73.4 Å². The van der Waals surface area contributed by atoms with Crippen LogP contribution in [-0.4, -0.2) is 30.0 Å². The number of nitrogens with zero attached hydrogens (tertiary/aromatic N) is 1. The second-order valence-electron chi connectivity index (χ2n) is 11.9. The monoisotopic (exact) mass is 545 g/mol. The molecule has 5 aromatic carbocycles. The van der Waals surface area contributed by atoms with Crippen molar-refractivity contribution < 1.29 is 4.42 Å². The van der Waals surface area contributed by atoms with Crippen molar-refractivity contribution in [1.29, 1.82) is 0 Å². The fraction of sp³-hybridized carbons (Fsp3) is 0.257. The largest absolute Gasteiger partial charge is 0.453 e. The Bertz CT molecular complexity index is 2020. The first-order chi connectivity index (χ1) is 19.7. The lowest BCUT2D eigenvalue weighted by atomic mass is 9.87. The van der Waals surface area contributed by atoms with Crippen LogP contribution in [-0.2, 0) is 12.0 Å². The molecule has 0 spiro atoms. The summed E-state index contributed by atoms with van der Waals surface area (Å²) in [4.78, 5) is 33.4. The highest BCUT2D eigenvalue weighted by Gasteiger charge is 2.20. The first-order valence-electron chi connectivity index (χ1n) is 14.2. The molecular weight excluding hydrogens is 510 g/mol. The summed E-state index contributed by atoms with van der Waals surface area (Å²) in [5.74, 6) is 0. The summed E-state index contributed by atoms with van der Waals surface area (Å²) >= 11 is 0. The number of anilines is 1. The Morgan fingerprint density at radius 3 is 2.22 bits per heavy atom. The van der Waals surface area contributed by atoms with E-state index >= 15 is 0 Å². The Balaban J connectivity index is 1.43. The van der Waals surface area contributed by atoms with Crippen molar-refractivity contribution in [3.8, 4) is 0 Å². The zero-order valence-corrected chi connectivity index (χ0v) is 24.0. The number of nitrogens with one attached hydrogen (secondary N) is 2. The van der Waals surface area contributed by atoms with Crippen molar-refractivity contribution in [3.63, 3.8) is 0 Å². The van der Waals surface area contributed by atoms with Gasteiger partial charge in [-0.25, -0.2) is 0 Å². The molecule has 6 heteroatoms. The Morgan fingerprint density at radius 2 is 1.51 bits per heavy atom. The number of aromatic nitrogens is 1. The first-order valence-corrected chi connectivity index (χ1v) is 14.2. The van der Waals surface area contributed by atoms with Gasteiger partial charge in [0.1, 0.15) is 0 Å². The Hall–Kier alpha value is -4.42. The van der Waals surface area contributed by atoms with Gasteiger partial charge in [0.25, 0.3) is 0 Å². The van der Waals surface area contributed by atoms with Gasteiger partial charge in [-0.2, -0.15) is 0 Å². The number of benzene rings is 5. The van der Waals surface area contributed by atoms with Crippen molar-refractivity contribution in [2.75, 3.05) is 25.5 Å². The number of H-pyrrole nitrogens is 1. The smallest absolute Gasteiger partial charge is 0.196 e. The van der Waals surface area contributed by atoms with Crippen LogP contribution in [0.3, 0.4) is 0 Å². The molecule has 1 heterocycles. The Morgan fingerprint density at radius 1 is 0.829 bits per heavy atom. The van der Waals surface area contributed by atoms with E-state index in [9.17, 15) is 9.59 Å². The minimum atomic E-state index is -0.177. The maximum atomic E-state index is 13.9. The highest BCUT2D eigenvalue weighted by atomic mass is 16.3. The summed E-state index contributed by atoms with van der Waals surface area (Å²) in [6, 6.07) is 25.4. The van der Waals surface area contributed by atoms with Gasteiger partial charge in [0.05, 0.1) is 21.8 Å². The highest BCUT2D eigenvalue weighted by Crippen LogP contribution is 2.32. The van der Waals surface area contributed by atoms with Gasteiger partial charge >= 0.3 is 0 Å². The predicted octanol–water partition coefficient (Wildman–Crippen LogP) is 7.17. The molecule has 1 aromatic heterocycles. The fourth-order valence-corrected chi connectivity index (χ4v) is 5.59. The van der Waals surface area contributed by atoms with E-state index in [1.54, 1.807) is 24.3 Å². The molecule has 0 aliphatic carbocycles. The van der Waals surface area contributed by atoms with Crippen molar-refractivity contribution in [2.24, 2.45) is 0 Å². The van der Waals surface area contributed by atoms with Gasteiger partial charge in [0, 0.05) is 35.6 Å². The molecule has 208 valence electrons. The third-order valence-electron chi connectivity index (χ3n) is 7.82. The van der Waals surface area contributed by atoms with Crippen molar-refractivity contribution in [3.05, 3.63) is 110 Å². The summed E-state index contributed by atoms with van der Waals surface area (Å²) in [6.07, 6.45) is 0.866. The third-order valence-corrected chi connectivity index (χ3v) is 7.82. The molecule has 0 fully saturated rings. The van der Waals surface area contributed by atoms with E-state index in [-0.39, 0.29) is 16.3 Å². The molecule has 6 rings (SSSR count). The molecular formula is C35H35N3O3. The summed E-state index contributed by atoms with van der Waals surface area (Å²) < 4.78 is 6.43. The predicted molar refractivity (Wildman–Crippen MR) is 170 cm³/mol. The molecule has 0 saturated carbocycles. The maximum Gasteiger partial charge on any atom is 0.196 e. The van der Waals surface area contributed by atoms with E-state index in [1.165, 1.54) is 5.56 Å². The molecule has 41 heavy (non-hydrogen) atoms. The number of hydrogen-bond donors (Lipinski definition) is 2. The molecule has 0 bridgehead atoms. The summed E-state index contributed by atoms with van der Waals surface area (Å²) in [7, 11) is 2.11. The highest BCUT2D eigenvalue weighted by molar-refractivity contribution is 6.14. The lowest BCUT2D eigenvalue weighted by molar-refractivity contribution is 0.325. The second kappa shape index (κ2) is 10.5. The quantitative estimate of drug-likeness (QED) is 0.126. The molecule has 0 saturated heterocycles. The maximum absolute atomic E-state index is 13.9. The van der Waals surface area contributed by atoms with Crippen LogP contribution in [0.15, 0.2) is 92.9 Å². The number of fused-ring (bicyclic) bond motifs is 5. The molecule has 0 unspecified atom stereocenters. The van der Waals surface area contributed by atoms with E-state index in [1.807, 2.05) is 24.3 Å². The van der Waals surface area contributed by atoms with Crippen LogP contribution < -0.4 is 16.2 Å². The number of hydrogen-bond acceptors (Lipinski definition) is 5. The minimum absolute atomic E-state index is 0.0407. The zero-order chi connectivity index (χ0) is 28.7. The summed E-state index contributed by atoms with van der Waals surface area (Å²) in [6.45, 7) is 8.88. The van der Waals surface area contributed by atoms with Crippen molar-refractivity contribution in [2.45, 2.75) is 39.2 Å². The van der Waals surface area contributed by atoms with Crippen LogP contribution in [0.4, 0.5) is 5.69 Å². The van der Waals surface area contributed by atoms with Gasteiger partial charge in [-0.05, 0) is 48.7 Å². The standard InChI is InChI=1S/C35H35N3O3/c1-35(2,3)23-15-16-26-28(19-23)41-29-20-27(36-17-10-18-38(4)21-22-11-6-5-7-12-22)30-31(32(29)37-26)34(40)25-14-9-8-13-24(25)33(30)39/h5-9,11-16,19-20,36-37H,10,17-18,21H2,1-4H3. The van der Waals surface area contributed by atoms with Gasteiger partial charge < -0.3 is 19.6 Å². The van der Waals surface area contributed by atoms with Crippen molar-refractivity contribution >= 4 is 49.4 Å². The lowest BCUT2D eigenvalue weighted by Crippen LogP contribution is -2.21. The van der Waals surface area contributed by atoms with Crippen LogP contribution in [0.25, 0.3) is 43.7 Å². The van der Waals surface area contributed by atoms with E-state index in [0.717, 1.165) is 30.6 Å². The lowest BCUT2D eigenvalue weighted by Gasteiger charge is -2.19. The van der Waals surface area contributed by atoms with E-state index in [0.29, 0.717) is 50.5 Å². The summed E-state index contributed by atoms with van der Waals surface area (Å²) in [5.41, 5.74) is 5.22. The van der Waals surface area contributed by atoms with Gasteiger partial charge in [0.2, 0.25) is 0 Å². The van der Waals surface area contributed by atoms with Crippen LogP contribution in [0.2, 0.25) is 0 Å². The molecule has 2 N–H and O–H groups in total. The normalized spacial score (nSPS) is 12.2. The molecule has 0 radical (unpaired) electrons. The van der Waals surface area contributed by atoms with Crippen LogP contribution >= 0.6 is 0 Å². The van der Waals surface area contributed by atoms with Crippen LogP contribution in [0, 0.1) is 0 Å². The molecule has 0 aliphatic rings. The Labute approximate surface area is 238 Å². The average Bonchev–Trinajstić information content (AvgIpc) is 2.96. The van der Waals surface area contributed by atoms with Crippen LogP contribution in [0.1, 0.15) is 38.3 Å². The SMILES string of the molecule is CN(CCCNc1cc2oc3cc(C(C)(C)C)ccc3[nH]c2c2c(=O)c3ccccc3c(=O)c12)Cc1ccccc1. The fourth-order valence-electron chi connectivity index (χ4n) is 5.59. The average molecular weight is 546 g/mol. The summed E-state index contributed by atoms with van der Waals surface area (Å²) in [5, 5.41) is 5.09.